The van der Waals surface area contributed by atoms with Gasteiger partial charge in [-0.15, -0.1) is 11.3 Å². The topological polar surface area (TPSA) is 55.9 Å². The highest BCUT2D eigenvalue weighted by Crippen LogP contribution is 2.33. The summed E-state index contributed by atoms with van der Waals surface area (Å²) in [4.78, 5) is 34.8. The molecule has 0 spiro atoms. The van der Waals surface area contributed by atoms with Crippen LogP contribution in [-0.4, -0.2) is 85.9 Å². The molecule has 3 aliphatic rings. The second-order valence-corrected chi connectivity index (χ2v) is 10.6. The van der Waals surface area contributed by atoms with Crippen molar-refractivity contribution in [3.8, 4) is 0 Å². The number of rotatable bonds is 6. The second kappa shape index (κ2) is 10.9. The minimum atomic E-state index is 0.0480. The first kappa shape index (κ1) is 22.7. The average Bonchev–Trinajstić information content (AvgIpc) is 3.02. The predicted octanol–water partition coefficient (Wildman–Crippen LogP) is 2.62. The maximum Gasteiger partial charge on any atom is 0.263 e. The van der Waals surface area contributed by atoms with Crippen LogP contribution < -0.4 is 5.32 Å². The SMILES string of the molecule is CN1CCN(CCCNC(=O)[C@@H]2CCc3sc(C(=O)N4CCCCCC4)cc3C2)CC1. The molecule has 4 rings (SSSR count). The molecule has 0 bridgehead atoms. The van der Waals surface area contributed by atoms with Crippen LogP contribution >= 0.6 is 11.3 Å². The summed E-state index contributed by atoms with van der Waals surface area (Å²) in [5.74, 6) is 0.439. The molecule has 3 heterocycles. The van der Waals surface area contributed by atoms with Crippen LogP contribution in [0.5, 0.6) is 0 Å². The average molecular weight is 447 g/mol. The lowest BCUT2D eigenvalue weighted by Crippen LogP contribution is -2.45. The number of hydrogen-bond donors (Lipinski definition) is 1. The van der Waals surface area contributed by atoms with Crippen molar-refractivity contribution in [2.75, 3.05) is 59.4 Å². The number of likely N-dealkylation sites (N-methyl/N-ethyl adjacent to an activating group) is 1. The highest BCUT2D eigenvalue weighted by atomic mass is 32.1. The third kappa shape index (κ3) is 6.08. The minimum absolute atomic E-state index is 0.0480. The zero-order chi connectivity index (χ0) is 21.6. The molecule has 0 aromatic carbocycles. The van der Waals surface area contributed by atoms with E-state index in [9.17, 15) is 9.59 Å². The van der Waals surface area contributed by atoms with Crippen molar-refractivity contribution in [2.45, 2.75) is 51.4 Å². The quantitative estimate of drug-likeness (QED) is 0.683. The Morgan fingerprint density at radius 2 is 1.81 bits per heavy atom. The van der Waals surface area contributed by atoms with Gasteiger partial charge >= 0.3 is 0 Å². The van der Waals surface area contributed by atoms with Crippen molar-refractivity contribution in [3.05, 3.63) is 21.4 Å². The molecular formula is C24H38N4O2S. The van der Waals surface area contributed by atoms with E-state index in [4.69, 9.17) is 0 Å². The molecule has 1 aromatic rings. The van der Waals surface area contributed by atoms with Gasteiger partial charge in [-0.2, -0.15) is 0 Å². The second-order valence-electron chi connectivity index (χ2n) is 9.49. The maximum absolute atomic E-state index is 13.0. The van der Waals surface area contributed by atoms with Gasteiger partial charge in [0.05, 0.1) is 4.88 Å². The largest absolute Gasteiger partial charge is 0.356 e. The monoisotopic (exact) mass is 446 g/mol. The molecule has 6 nitrogen and oxygen atoms in total. The van der Waals surface area contributed by atoms with Gasteiger partial charge in [-0.3, -0.25) is 9.59 Å². The highest BCUT2D eigenvalue weighted by molar-refractivity contribution is 7.14. The van der Waals surface area contributed by atoms with Gasteiger partial charge < -0.3 is 20.0 Å². The first-order chi connectivity index (χ1) is 15.1. The number of nitrogens with zero attached hydrogens (tertiary/aromatic N) is 3. The van der Waals surface area contributed by atoms with Crippen LogP contribution in [0.25, 0.3) is 0 Å². The maximum atomic E-state index is 13.0. The minimum Gasteiger partial charge on any atom is -0.356 e. The Kier molecular flexibility index (Phi) is 8.02. The standard InChI is InChI=1S/C24H38N4O2S/c1-26-13-15-27(16-14-26)10-6-9-25-23(29)19-7-8-21-20(17-19)18-22(31-21)24(30)28-11-4-2-3-5-12-28/h18-19H,2-17H2,1H3,(H,25,29)/t19-/m1/s1. The van der Waals surface area contributed by atoms with E-state index in [0.29, 0.717) is 0 Å². The number of aryl methyl sites for hydroxylation is 1. The third-order valence-electron chi connectivity index (χ3n) is 7.10. The summed E-state index contributed by atoms with van der Waals surface area (Å²) < 4.78 is 0. The summed E-state index contributed by atoms with van der Waals surface area (Å²) in [5, 5.41) is 3.17. The Morgan fingerprint density at radius 3 is 2.55 bits per heavy atom. The number of carbonyl (C=O) groups is 2. The molecule has 1 aliphatic carbocycles. The van der Waals surface area contributed by atoms with Crippen molar-refractivity contribution < 1.29 is 9.59 Å². The predicted molar refractivity (Wildman–Crippen MR) is 126 cm³/mol. The molecule has 7 heteroatoms. The van der Waals surface area contributed by atoms with Gasteiger partial charge in [0.1, 0.15) is 0 Å². The molecule has 2 fully saturated rings. The van der Waals surface area contributed by atoms with E-state index in [1.54, 1.807) is 11.3 Å². The van der Waals surface area contributed by atoms with Crippen molar-refractivity contribution in [2.24, 2.45) is 5.92 Å². The van der Waals surface area contributed by atoms with Crippen LogP contribution in [0, 0.1) is 5.92 Å². The number of amides is 2. The lowest BCUT2D eigenvalue weighted by molar-refractivity contribution is -0.125. The molecule has 2 saturated heterocycles. The van der Waals surface area contributed by atoms with E-state index in [2.05, 4.69) is 28.2 Å². The van der Waals surface area contributed by atoms with Gasteiger partial charge in [0.25, 0.3) is 5.91 Å². The summed E-state index contributed by atoms with van der Waals surface area (Å²) in [6.07, 6.45) is 8.32. The molecule has 0 radical (unpaired) electrons. The van der Waals surface area contributed by atoms with Gasteiger partial charge in [-0.25, -0.2) is 0 Å². The lowest BCUT2D eigenvalue weighted by Gasteiger charge is -2.32. The molecule has 1 atom stereocenters. The fourth-order valence-electron chi connectivity index (χ4n) is 5.01. The zero-order valence-electron chi connectivity index (χ0n) is 19.0. The molecule has 2 amide bonds. The van der Waals surface area contributed by atoms with Gasteiger partial charge in [0, 0.05) is 56.6 Å². The third-order valence-corrected chi connectivity index (χ3v) is 8.33. The molecule has 31 heavy (non-hydrogen) atoms. The Hall–Kier alpha value is -1.44. The zero-order valence-corrected chi connectivity index (χ0v) is 19.9. The normalized spacial score (nSPS) is 23.3. The summed E-state index contributed by atoms with van der Waals surface area (Å²) >= 11 is 1.66. The van der Waals surface area contributed by atoms with Gasteiger partial charge in [-0.1, -0.05) is 12.8 Å². The van der Waals surface area contributed by atoms with Gasteiger partial charge in [0.2, 0.25) is 5.91 Å². The van der Waals surface area contributed by atoms with Crippen LogP contribution in [0.1, 0.15) is 58.6 Å². The molecule has 172 valence electrons. The van der Waals surface area contributed by atoms with Crippen LogP contribution in [0.4, 0.5) is 0 Å². The summed E-state index contributed by atoms with van der Waals surface area (Å²) in [6.45, 7) is 8.14. The van der Waals surface area contributed by atoms with E-state index in [0.717, 1.165) is 95.8 Å². The number of nitrogens with one attached hydrogen (secondary N) is 1. The fourth-order valence-corrected chi connectivity index (χ4v) is 6.19. The van der Waals surface area contributed by atoms with Crippen molar-refractivity contribution >= 4 is 23.2 Å². The fraction of sp³-hybridized carbons (Fsp3) is 0.750. The van der Waals surface area contributed by atoms with Crippen LogP contribution in [0.2, 0.25) is 0 Å². The first-order valence-corrected chi connectivity index (χ1v) is 13.0. The smallest absolute Gasteiger partial charge is 0.263 e. The van der Waals surface area contributed by atoms with Crippen molar-refractivity contribution in [3.63, 3.8) is 0 Å². The Bertz CT molecular complexity index is 749. The highest BCUT2D eigenvalue weighted by Gasteiger charge is 2.28. The summed E-state index contributed by atoms with van der Waals surface area (Å²) in [7, 11) is 2.18. The Labute approximate surface area is 191 Å². The molecular weight excluding hydrogens is 408 g/mol. The van der Waals surface area contributed by atoms with E-state index in [1.165, 1.54) is 23.3 Å². The number of fused-ring (bicyclic) bond motifs is 1. The van der Waals surface area contributed by atoms with E-state index < -0.39 is 0 Å². The van der Waals surface area contributed by atoms with Crippen LogP contribution in [0.15, 0.2) is 6.07 Å². The van der Waals surface area contributed by atoms with Crippen LogP contribution in [-0.2, 0) is 17.6 Å². The Morgan fingerprint density at radius 1 is 1.06 bits per heavy atom. The Balaban J connectivity index is 1.23. The van der Waals surface area contributed by atoms with E-state index in [-0.39, 0.29) is 17.7 Å². The number of likely N-dealkylation sites (tertiary alicyclic amines) is 1. The number of carbonyl (C=O) groups excluding carboxylic acids is 2. The number of hydrogen-bond acceptors (Lipinski definition) is 5. The van der Waals surface area contributed by atoms with E-state index in [1.807, 2.05) is 4.90 Å². The molecule has 2 aliphatic heterocycles. The number of thiophene rings is 1. The summed E-state index contributed by atoms with van der Waals surface area (Å²) in [5.41, 5.74) is 1.23. The number of piperazine rings is 1. The van der Waals surface area contributed by atoms with Gasteiger partial charge in [0.15, 0.2) is 0 Å². The molecule has 0 unspecified atom stereocenters. The first-order valence-electron chi connectivity index (χ1n) is 12.2. The van der Waals surface area contributed by atoms with E-state index >= 15 is 0 Å². The molecule has 0 saturated carbocycles. The summed E-state index contributed by atoms with van der Waals surface area (Å²) in [6, 6.07) is 2.08. The molecule has 1 N–H and O–H groups in total. The van der Waals surface area contributed by atoms with Gasteiger partial charge in [-0.05, 0) is 63.7 Å². The van der Waals surface area contributed by atoms with Crippen molar-refractivity contribution in [1.29, 1.82) is 0 Å². The molecule has 1 aromatic heterocycles. The van der Waals surface area contributed by atoms with Crippen LogP contribution in [0.3, 0.4) is 0 Å². The van der Waals surface area contributed by atoms with Crippen molar-refractivity contribution in [1.82, 2.24) is 20.0 Å². The lowest BCUT2D eigenvalue weighted by atomic mass is 9.87.